The van der Waals surface area contributed by atoms with Crippen LogP contribution >= 0.6 is 0 Å². The summed E-state index contributed by atoms with van der Waals surface area (Å²) in [7, 11) is 1.64. The van der Waals surface area contributed by atoms with E-state index in [1.165, 1.54) is 0 Å². The highest BCUT2D eigenvalue weighted by atomic mass is 16.6. The van der Waals surface area contributed by atoms with Gasteiger partial charge in [-0.3, -0.25) is 0 Å². The van der Waals surface area contributed by atoms with Crippen molar-refractivity contribution in [2.24, 2.45) is 0 Å². The van der Waals surface area contributed by atoms with Crippen LogP contribution in [0.1, 0.15) is 5.56 Å². The van der Waals surface area contributed by atoms with E-state index in [9.17, 15) is 4.79 Å². The van der Waals surface area contributed by atoms with E-state index < -0.39 is 0 Å². The Bertz CT molecular complexity index is 347. The lowest BCUT2D eigenvalue weighted by atomic mass is 10.1. The van der Waals surface area contributed by atoms with Crippen LogP contribution in [0, 0.1) is 0 Å². The standard InChI is InChI=1S/C11H13NO3/c1-14-10-4-2-8(3-5-10)6-9-7-15-11(13)12-9/h2-5,9H,6-7H2,1H3,(H,12,13)/t9-/m0/s1. The monoisotopic (exact) mass is 207 g/mol. The number of carbonyl (C=O) groups excluding carboxylic acids is 1. The van der Waals surface area contributed by atoms with Crippen molar-refractivity contribution in [1.29, 1.82) is 0 Å². The van der Waals surface area contributed by atoms with Crippen molar-refractivity contribution in [3.63, 3.8) is 0 Å². The number of benzene rings is 1. The van der Waals surface area contributed by atoms with E-state index in [-0.39, 0.29) is 12.1 Å². The highest BCUT2D eigenvalue weighted by Crippen LogP contribution is 2.13. The first-order chi connectivity index (χ1) is 7.28. The van der Waals surface area contributed by atoms with Crippen molar-refractivity contribution in [3.8, 4) is 5.75 Å². The minimum absolute atomic E-state index is 0.0888. The summed E-state index contributed by atoms with van der Waals surface area (Å²) >= 11 is 0. The van der Waals surface area contributed by atoms with Crippen LogP contribution < -0.4 is 10.1 Å². The van der Waals surface area contributed by atoms with E-state index in [4.69, 9.17) is 9.47 Å². The Labute approximate surface area is 88.2 Å². The van der Waals surface area contributed by atoms with Crippen LogP contribution in [0.3, 0.4) is 0 Å². The Morgan fingerprint density at radius 2 is 2.20 bits per heavy atom. The molecule has 4 nitrogen and oxygen atoms in total. The fourth-order valence-corrected chi connectivity index (χ4v) is 1.58. The third-order valence-electron chi connectivity index (χ3n) is 2.38. The van der Waals surface area contributed by atoms with Gasteiger partial charge < -0.3 is 14.8 Å². The Morgan fingerprint density at radius 3 is 2.73 bits per heavy atom. The summed E-state index contributed by atoms with van der Waals surface area (Å²) in [6.45, 7) is 0.449. The molecular weight excluding hydrogens is 194 g/mol. The summed E-state index contributed by atoms with van der Waals surface area (Å²) in [5.41, 5.74) is 1.16. The molecule has 1 heterocycles. The molecule has 0 aromatic heterocycles. The van der Waals surface area contributed by atoms with Crippen molar-refractivity contribution in [3.05, 3.63) is 29.8 Å². The van der Waals surface area contributed by atoms with Crippen molar-refractivity contribution in [1.82, 2.24) is 5.32 Å². The highest BCUT2D eigenvalue weighted by Gasteiger charge is 2.21. The molecule has 1 aromatic rings. The van der Waals surface area contributed by atoms with Gasteiger partial charge in [-0.05, 0) is 24.1 Å². The van der Waals surface area contributed by atoms with Gasteiger partial charge in [-0.25, -0.2) is 4.79 Å². The van der Waals surface area contributed by atoms with Crippen LogP contribution in [0.4, 0.5) is 4.79 Å². The summed E-state index contributed by atoms with van der Waals surface area (Å²) in [4.78, 5) is 10.8. The number of ether oxygens (including phenoxy) is 2. The molecule has 2 rings (SSSR count). The van der Waals surface area contributed by atoms with Gasteiger partial charge in [-0.1, -0.05) is 12.1 Å². The highest BCUT2D eigenvalue weighted by molar-refractivity contribution is 5.69. The number of methoxy groups -OCH3 is 1. The van der Waals surface area contributed by atoms with Crippen LogP contribution in [0.5, 0.6) is 5.75 Å². The number of nitrogens with one attached hydrogen (secondary N) is 1. The summed E-state index contributed by atoms with van der Waals surface area (Å²) in [5, 5.41) is 2.74. The molecule has 0 spiro atoms. The van der Waals surface area contributed by atoms with E-state index in [2.05, 4.69) is 5.32 Å². The predicted molar refractivity (Wildman–Crippen MR) is 55.0 cm³/mol. The number of hydrogen-bond acceptors (Lipinski definition) is 3. The van der Waals surface area contributed by atoms with Gasteiger partial charge in [0.25, 0.3) is 0 Å². The molecule has 0 bridgehead atoms. The smallest absolute Gasteiger partial charge is 0.407 e. The molecule has 1 fully saturated rings. The molecule has 0 saturated carbocycles. The minimum atomic E-state index is -0.325. The van der Waals surface area contributed by atoms with Gasteiger partial charge in [0.05, 0.1) is 13.2 Å². The molecular formula is C11H13NO3. The van der Waals surface area contributed by atoms with Gasteiger partial charge in [-0.15, -0.1) is 0 Å². The third-order valence-corrected chi connectivity index (χ3v) is 2.38. The quantitative estimate of drug-likeness (QED) is 0.813. The Hall–Kier alpha value is -1.71. The lowest BCUT2D eigenvalue weighted by Crippen LogP contribution is -2.28. The molecule has 1 amide bonds. The van der Waals surface area contributed by atoms with Crippen molar-refractivity contribution < 1.29 is 14.3 Å². The second-order valence-electron chi connectivity index (χ2n) is 3.49. The second-order valence-corrected chi connectivity index (χ2v) is 3.49. The van der Waals surface area contributed by atoms with Crippen LogP contribution in [-0.4, -0.2) is 25.9 Å². The zero-order valence-corrected chi connectivity index (χ0v) is 8.53. The fraction of sp³-hybridized carbons (Fsp3) is 0.364. The maximum absolute atomic E-state index is 10.8. The molecule has 0 aliphatic carbocycles. The average molecular weight is 207 g/mol. The van der Waals surface area contributed by atoms with Gasteiger partial charge in [-0.2, -0.15) is 0 Å². The van der Waals surface area contributed by atoms with Crippen molar-refractivity contribution >= 4 is 6.09 Å². The molecule has 1 N–H and O–H groups in total. The topological polar surface area (TPSA) is 47.6 Å². The molecule has 80 valence electrons. The Morgan fingerprint density at radius 1 is 1.47 bits per heavy atom. The summed E-state index contributed by atoms with van der Waals surface area (Å²) < 4.78 is 9.87. The molecule has 1 saturated heterocycles. The first kappa shape index (κ1) is 9.83. The van der Waals surface area contributed by atoms with Gasteiger partial charge >= 0.3 is 6.09 Å². The lowest BCUT2D eigenvalue weighted by Gasteiger charge is -2.07. The number of alkyl carbamates (subject to hydrolysis) is 1. The molecule has 1 atom stereocenters. The molecule has 1 aliphatic rings. The summed E-state index contributed by atoms with van der Waals surface area (Å²) in [6, 6.07) is 7.89. The molecule has 15 heavy (non-hydrogen) atoms. The zero-order chi connectivity index (χ0) is 10.7. The van der Waals surface area contributed by atoms with Gasteiger partial charge in [0, 0.05) is 0 Å². The first-order valence-electron chi connectivity index (χ1n) is 4.84. The fourth-order valence-electron chi connectivity index (χ4n) is 1.58. The van der Waals surface area contributed by atoms with E-state index >= 15 is 0 Å². The summed E-state index contributed by atoms with van der Waals surface area (Å²) in [6.07, 6.45) is 0.462. The third kappa shape index (κ3) is 2.40. The zero-order valence-electron chi connectivity index (χ0n) is 8.53. The van der Waals surface area contributed by atoms with Gasteiger partial charge in [0.2, 0.25) is 0 Å². The number of cyclic esters (lactones) is 1. The number of carbonyl (C=O) groups is 1. The van der Waals surface area contributed by atoms with Crippen LogP contribution in [0.25, 0.3) is 0 Å². The van der Waals surface area contributed by atoms with Crippen molar-refractivity contribution in [2.45, 2.75) is 12.5 Å². The lowest BCUT2D eigenvalue weighted by molar-refractivity contribution is 0.177. The Balaban J connectivity index is 1.96. The number of rotatable bonds is 3. The first-order valence-corrected chi connectivity index (χ1v) is 4.84. The SMILES string of the molecule is COc1ccc(C[C@H]2COC(=O)N2)cc1. The van der Waals surface area contributed by atoms with E-state index in [1.807, 2.05) is 24.3 Å². The van der Waals surface area contributed by atoms with E-state index in [0.29, 0.717) is 6.61 Å². The van der Waals surface area contributed by atoms with Gasteiger partial charge in [0.15, 0.2) is 0 Å². The molecule has 4 heteroatoms. The van der Waals surface area contributed by atoms with Crippen LogP contribution in [0.15, 0.2) is 24.3 Å². The maximum atomic E-state index is 10.8. The average Bonchev–Trinajstić information content (AvgIpc) is 2.65. The minimum Gasteiger partial charge on any atom is -0.497 e. The van der Waals surface area contributed by atoms with Crippen LogP contribution in [0.2, 0.25) is 0 Å². The normalized spacial score (nSPS) is 19.5. The largest absolute Gasteiger partial charge is 0.497 e. The predicted octanol–water partition coefficient (Wildman–Crippen LogP) is 1.35. The summed E-state index contributed by atoms with van der Waals surface area (Å²) in [5.74, 6) is 0.838. The second kappa shape index (κ2) is 4.21. The van der Waals surface area contributed by atoms with Crippen molar-refractivity contribution in [2.75, 3.05) is 13.7 Å². The number of hydrogen-bond donors (Lipinski definition) is 1. The van der Waals surface area contributed by atoms with E-state index in [1.54, 1.807) is 7.11 Å². The molecule has 1 aliphatic heterocycles. The maximum Gasteiger partial charge on any atom is 0.407 e. The van der Waals surface area contributed by atoms with Crippen LogP contribution in [-0.2, 0) is 11.2 Å². The Kier molecular flexibility index (Phi) is 2.76. The molecule has 0 unspecified atom stereocenters. The van der Waals surface area contributed by atoms with Gasteiger partial charge in [0.1, 0.15) is 12.4 Å². The van der Waals surface area contributed by atoms with E-state index in [0.717, 1.165) is 17.7 Å². The number of amides is 1. The molecule has 0 radical (unpaired) electrons. The molecule has 1 aromatic carbocycles.